The molecule has 0 fully saturated rings. The van der Waals surface area contributed by atoms with E-state index in [4.69, 9.17) is 11.5 Å². The summed E-state index contributed by atoms with van der Waals surface area (Å²) in [6, 6.07) is 0. The van der Waals surface area contributed by atoms with Gasteiger partial charge in [0.1, 0.15) is 0 Å². The maximum Gasteiger partial charge on any atom is 0.185 e. The Morgan fingerprint density at radius 3 is 1.10 bits per heavy atom. The smallest absolute Gasteiger partial charge is 0.185 e. The Balaban J connectivity index is -0.0000000315. The molecule has 3 nitrogen and oxygen atoms in total. The summed E-state index contributed by atoms with van der Waals surface area (Å²) in [5.74, 6) is 0.130. The second-order valence-corrected chi connectivity index (χ2v) is 0.648. The Bertz CT molecular complexity index is 51.0. The van der Waals surface area contributed by atoms with Gasteiger partial charge in [-0.2, -0.15) is 0 Å². The number of rotatable bonds is 0. The molecule has 0 aliphatic heterocycles. The molecule has 10 heavy (non-hydrogen) atoms. The second kappa shape index (κ2) is 33.8. The maximum atomic E-state index is 4.82. The van der Waals surface area contributed by atoms with Gasteiger partial charge in [0.2, 0.25) is 0 Å². The van der Waals surface area contributed by atoms with Crippen molar-refractivity contribution in [3.63, 3.8) is 0 Å². The third kappa shape index (κ3) is 75.6. The van der Waals surface area contributed by atoms with E-state index in [-0.39, 0.29) is 43.7 Å². The molecule has 0 aliphatic carbocycles. The van der Waals surface area contributed by atoms with Gasteiger partial charge in [0.15, 0.2) is 5.96 Å². The minimum Gasteiger partial charge on any atom is -0.370 e. The molecule has 0 heterocycles. The summed E-state index contributed by atoms with van der Waals surface area (Å²) in [5.41, 5.74) is 9.64. The van der Waals surface area contributed by atoms with Crippen molar-refractivity contribution in [3.05, 3.63) is 0 Å². The maximum absolute atomic E-state index is 4.82. The predicted octanol–water partition coefficient (Wildman–Crippen LogP) is 0.942. The van der Waals surface area contributed by atoms with E-state index < -0.39 is 0 Å². The standard InChI is InChI=1S/C2H7N3.2C2H6.Ar/c1-5-2(3)4;2*1-2;/h1H3,(H4,3,4,5);2*1-2H3;. The monoisotopic (exact) mass is 173 g/mol. The van der Waals surface area contributed by atoms with Crippen molar-refractivity contribution in [3.8, 4) is 0 Å². The van der Waals surface area contributed by atoms with Crippen LogP contribution < -0.4 is 11.5 Å². The van der Waals surface area contributed by atoms with Gasteiger partial charge in [-0.3, -0.25) is 4.99 Å². The van der Waals surface area contributed by atoms with Gasteiger partial charge in [-0.1, -0.05) is 27.7 Å². The molecule has 4 N–H and O–H groups in total. The SMILES string of the molecule is CC.CC.CN=C(N)N.[Ar]. The summed E-state index contributed by atoms with van der Waals surface area (Å²) in [4.78, 5) is 3.36. The average molecular weight is 173 g/mol. The molecule has 0 amide bonds. The van der Waals surface area contributed by atoms with Crippen LogP contribution in [0.4, 0.5) is 0 Å². The van der Waals surface area contributed by atoms with Gasteiger partial charge in [0.25, 0.3) is 0 Å². The minimum atomic E-state index is 0. The van der Waals surface area contributed by atoms with E-state index in [9.17, 15) is 0 Å². The third-order valence-electron chi connectivity index (χ3n) is 0.258. The summed E-state index contributed by atoms with van der Waals surface area (Å²) in [5, 5.41) is 0. The van der Waals surface area contributed by atoms with E-state index in [0.29, 0.717) is 0 Å². The zero-order chi connectivity index (χ0) is 8.28. The summed E-state index contributed by atoms with van der Waals surface area (Å²) in [7, 11) is 1.54. The Hall–Kier alpha value is 0.530. The first-order valence-corrected chi connectivity index (χ1v) is 3.25. The Labute approximate surface area is 94.3 Å². The molecule has 0 aromatic carbocycles. The van der Waals surface area contributed by atoms with Crippen LogP contribution >= 0.6 is 0 Å². The van der Waals surface area contributed by atoms with Crippen molar-refractivity contribution in [2.45, 2.75) is 27.7 Å². The normalized spacial score (nSPS) is 4.50. The van der Waals surface area contributed by atoms with Crippen LogP contribution in [0.1, 0.15) is 27.7 Å². The molecule has 0 aromatic heterocycles. The molecule has 0 aliphatic rings. The van der Waals surface area contributed by atoms with Gasteiger partial charge in [-0.05, 0) is 0 Å². The number of hydrogen-bond acceptors (Lipinski definition) is 1. The zero-order valence-corrected chi connectivity index (χ0v) is 8.16. The van der Waals surface area contributed by atoms with Gasteiger partial charge in [-0.25, -0.2) is 0 Å². The van der Waals surface area contributed by atoms with Crippen LogP contribution in [0.15, 0.2) is 4.99 Å². The first-order chi connectivity index (χ1) is 4.27. The molecule has 0 rings (SSSR count). The van der Waals surface area contributed by atoms with Crippen LogP contribution in [0.2, 0.25) is 0 Å². The Morgan fingerprint density at radius 2 is 1.10 bits per heavy atom. The number of aliphatic imine (C=N–C) groups is 1. The predicted molar refractivity (Wildman–Crippen MR) is 44.4 cm³/mol. The average Bonchev–Trinajstić information content (AvgIpc) is 1.97. The molecule has 66 valence electrons. The Kier molecular flexibility index (Phi) is 75.8. The van der Waals surface area contributed by atoms with Gasteiger partial charge < -0.3 is 11.5 Å². The molecule has 0 saturated heterocycles. The van der Waals surface area contributed by atoms with Gasteiger partial charge in [0, 0.05) is 44.8 Å². The molecule has 4 heteroatoms. The van der Waals surface area contributed by atoms with Crippen molar-refractivity contribution in [1.29, 1.82) is 0 Å². The number of nitrogens with zero attached hydrogens (tertiary/aromatic N) is 1. The van der Waals surface area contributed by atoms with Crippen LogP contribution in [0.5, 0.6) is 0 Å². The molecular formula is C6H19ArN3. The van der Waals surface area contributed by atoms with Crippen LogP contribution in [0.3, 0.4) is 0 Å². The molecule has 0 spiro atoms. The second-order valence-electron chi connectivity index (χ2n) is 0.648. The fourth-order valence-electron chi connectivity index (χ4n) is 0. The molecule has 0 atom stereocenters. The first kappa shape index (κ1) is 22.4. The van der Waals surface area contributed by atoms with E-state index in [1.165, 1.54) is 7.05 Å². The van der Waals surface area contributed by atoms with Crippen molar-refractivity contribution in [1.82, 2.24) is 0 Å². The Morgan fingerprint density at radius 1 is 1.00 bits per heavy atom. The van der Waals surface area contributed by atoms with Crippen LogP contribution in [0, 0.1) is 37.7 Å². The van der Waals surface area contributed by atoms with E-state index in [0.717, 1.165) is 0 Å². The molecule has 0 aromatic rings. The van der Waals surface area contributed by atoms with Crippen LogP contribution in [-0.4, -0.2) is 13.0 Å². The summed E-state index contributed by atoms with van der Waals surface area (Å²) < 4.78 is 0. The first-order valence-electron chi connectivity index (χ1n) is 3.25. The van der Waals surface area contributed by atoms with Gasteiger partial charge in [0.05, 0.1) is 0 Å². The molecular weight excluding hydrogens is 154 g/mol. The van der Waals surface area contributed by atoms with Crippen LogP contribution in [0.25, 0.3) is 0 Å². The largest absolute Gasteiger partial charge is 0.370 e. The van der Waals surface area contributed by atoms with Crippen molar-refractivity contribution < 1.29 is 37.7 Å². The van der Waals surface area contributed by atoms with E-state index in [1.807, 2.05) is 27.7 Å². The molecule has 0 saturated carbocycles. The number of guanidine groups is 1. The zero-order valence-electron chi connectivity index (χ0n) is 7.46. The topological polar surface area (TPSA) is 64.4 Å². The van der Waals surface area contributed by atoms with Crippen molar-refractivity contribution in [2.75, 3.05) is 7.05 Å². The summed E-state index contributed by atoms with van der Waals surface area (Å²) >= 11 is 0. The van der Waals surface area contributed by atoms with E-state index in [2.05, 4.69) is 4.99 Å². The fourth-order valence-corrected chi connectivity index (χ4v) is 0. The van der Waals surface area contributed by atoms with Crippen molar-refractivity contribution in [2.24, 2.45) is 16.5 Å². The van der Waals surface area contributed by atoms with Gasteiger partial charge >= 0.3 is 0 Å². The number of hydrogen-bond donors (Lipinski definition) is 2. The fraction of sp³-hybridized carbons (Fsp3) is 0.833. The van der Waals surface area contributed by atoms with Crippen molar-refractivity contribution >= 4 is 5.96 Å². The van der Waals surface area contributed by atoms with Gasteiger partial charge in [-0.15, -0.1) is 0 Å². The molecule has 0 unspecified atom stereocenters. The van der Waals surface area contributed by atoms with Crippen LogP contribution in [-0.2, 0) is 0 Å². The van der Waals surface area contributed by atoms with E-state index in [1.54, 1.807) is 0 Å². The van der Waals surface area contributed by atoms with E-state index >= 15 is 0 Å². The quantitative estimate of drug-likeness (QED) is 0.423. The number of nitrogens with two attached hydrogens (primary N) is 2. The molecule has 0 bridgehead atoms. The minimum absolute atomic E-state index is 0. The molecule has 0 radical (unpaired) electrons. The third-order valence-corrected chi connectivity index (χ3v) is 0.258. The summed E-state index contributed by atoms with van der Waals surface area (Å²) in [6.07, 6.45) is 0. The summed E-state index contributed by atoms with van der Waals surface area (Å²) in [6.45, 7) is 8.00.